The van der Waals surface area contributed by atoms with Crippen LogP contribution in [0.15, 0.2) is 58.3 Å². The second-order valence-electron chi connectivity index (χ2n) is 6.48. The summed E-state index contributed by atoms with van der Waals surface area (Å²) in [6.07, 6.45) is 1.64. The SMILES string of the molecule is CCCCNS(=O)(=O)c1ccc(OCC(=O)NCc2ccc(S(N)(=O)=O)cc2)cc1. The molecule has 164 valence electrons. The lowest BCUT2D eigenvalue weighted by molar-refractivity contribution is -0.123. The minimum absolute atomic E-state index is 0.00747. The standard InChI is InChI=1S/C19H25N3O6S2/c1-2-3-12-22-30(26,27)18-10-6-16(7-11-18)28-14-19(23)21-13-15-4-8-17(9-5-15)29(20,24)25/h4-11,22H,2-3,12-14H2,1H3,(H,21,23)(H2,20,24,25). The number of sulfonamides is 2. The molecule has 0 radical (unpaired) electrons. The monoisotopic (exact) mass is 455 g/mol. The molecule has 0 aliphatic rings. The lowest BCUT2D eigenvalue weighted by Crippen LogP contribution is -2.28. The number of amides is 1. The van der Waals surface area contributed by atoms with Crippen molar-refractivity contribution in [1.82, 2.24) is 10.0 Å². The highest BCUT2D eigenvalue weighted by molar-refractivity contribution is 7.89. The van der Waals surface area contributed by atoms with Gasteiger partial charge in [-0.25, -0.2) is 26.7 Å². The van der Waals surface area contributed by atoms with Gasteiger partial charge in [-0.2, -0.15) is 0 Å². The summed E-state index contributed by atoms with van der Waals surface area (Å²) in [6.45, 7) is 2.28. The normalized spacial score (nSPS) is 11.8. The van der Waals surface area contributed by atoms with Crippen LogP contribution in [-0.4, -0.2) is 35.9 Å². The van der Waals surface area contributed by atoms with Crippen LogP contribution in [0.25, 0.3) is 0 Å². The van der Waals surface area contributed by atoms with Crippen LogP contribution in [0.3, 0.4) is 0 Å². The van der Waals surface area contributed by atoms with Gasteiger partial charge in [-0.3, -0.25) is 4.79 Å². The van der Waals surface area contributed by atoms with Crippen LogP contribution in [0.4, 0.5) is 0 Å². The van der Waals surface area contributed by atoms with Crippen LogP contribution in [0.5, 0.6) is 5.75 Å². The predicted octanol–water partition coefficient (Wildman–Crippen LogP) is 1.11. The number of primary sulfonamides is 1. The van der Waals surface area contributed by atoms with E-state index >= 15 is 0 Å². The maximum absolute atomic E-state index is 12.1. The van der Waals surface area contributed by atoms with Gasteiger partial charge in [0.1, 0.15) is 5.75 Å². The van der Waals surface area contributed by atoms with E-state index in [1.54, 1.807) is 12.1 Å². The van der Waals surface area contributed by atoms with Crippen molar-refractivity contribution < 1.29 is 26.4 Å². The van der Waals surface area contributed by atoms with Gasteiger partial charge in [0.05, 0.1) is 9.79 Å². The summed E-state index contributed by atoms with van der Waals surface area (Å²) in [4.78, 5) is 12.0. The average Bonchev–Trinajstić information content (AvgIpc) is 2.71. The molecule has 9 nitrogen and oxygen atoms in total. The molecular formula is C19H25N3O6S2. The molecule has 2 rings (SSSR count). The average molecular weight is 456 g/mol. The van der Waals surface area contributed by atoms with Gasteiger partial charge < -0.3 is 10.1 Å². The second kappa shape index (κ2) is 10.5. The molecule has 0 aliphatic carbocycles. The summed E-state index contributed by atoms with van der Waals surface area (Å²) in [5.41, 5.74) is 0.695. The van der Waals surface area contributed by atoms with Crippen molar-refractivity contribution in [2.45, 2.75) is 36.1 Å². The van der Waals surface area contributed by atoms with E-state index in [0.29, 0.717) is 17.9 Å². The van der Waals surface area contributed by atoms with E-state index in [2.05, 4.69) is 10.0 Å². The molecule has 0 bridgehead atoms. The Morgan fingerprint density at radius 3 is 2.13 bits per heavy atom. The molecular weight excluding hydrogens is 430 g/mol. The zero-order valence-electron chi connectivity index (χ0n) is 16.5. The number of unbranched alkanes of at least 4 members (excludes halogenated alkanes) is 1. The molecule has 0 fully saturated rings. The Labute approximate surface area is 176 Å². The van der Waals surface area contributed by atoms with Crippen molar-refractivity contribution in [3.05, 3.63) is 54.1 Å². The summed E-state index contributed by atoms with van der Waals surface area (Å²) in [7, 11) is -7.32. The quantitative estimate of drug-likeness (QED) is 0.433. The third-order valence-electron chi connectivity index (χ3n) is 4.07. The Balaban J connectivity index is 1.82. The number of carbonyl (C=O) groups is 1. The lowest BCUT2D eigenvalue weighted by Gasteiger charge is -2.09. The first-order chi connectivity index (χ1) is 14.1. The molecule has 4 N–H and O–H groups in total. The van der Waals surface area contributed by atoms with Crippen molar-refractivity contribution in [2.75, 3.05) is 13.2 Å². The van der Waals surface area contributed by atoms with Crippen molar-refractivity contribution in [3.8, 4) is 5.75 Å². The molecule has 30 heavy (non-hydrogen) atoms. The van der Waals surface area contributed by atoms with Crippen molar-refractivity contribution in [3.63, 3.8) is 0 Å². The lowest BCUT2D eigenvalue weighted by atomic mass is 10.2. The molecule has 0 saturated carbocycles. The Bertz CT molecular complexity index is 1050. The molecule has 2 aromatic carbocycles. The molecule has 0 aliphatic heterocycles. The van der Waals surface area contributed by atoms with E-state index in [-0.39, 0.29) is 28.8 Å². The summed E-state index contributed by atoms with van der Waals surface area (Å²) in [6, 6.07) is 11.6. The number of nitrogens with one attached hydrogen (secondary N) is 2. The zero-order chi connectivity index (χ0) is 22.2. The maximum Gasteiger partial charge on any atom is 0.258 e. The van der Waals surface area contributed by atoms with Crippen LogP contribution in [0.1, 0.15) is 25.3 Å². The number of nitrogens with two attached hydrogens (primary N) is 1. The smallest absolute Gasteiger partial charge is 0.258 e. The third kappa shape index (κ3) is 7.41. The number of carbonyl (C=O) groups excluding carboxylic acids is 1. The van der Waals surface area contributed by atoms with E-state index < -0.39 is 20.0 Å². The maximum atomic E-state index is 12.1. The van der Waals surface area contributed by atoms with Crippen molar-refractivity contribution in [2.24, 2.45) is 5.14 Å². The molecule has 0 saturated heterocycles. The van der Waals surface area contributed by atoms with Crippen LogP contribution < -0.4 is 19.9 Å². The van der Waals surface area contributed by atoms with Crippen LogP contribution in [0, 0.1) is 0 Å². The topological polar surface area (TPSA) is 145 Å². The van der Waals surface area contributed by atoms with Crippen molar-refractivity contribution in [1.29, 1.82) is 0 Å². The highest BCUT2D eigenvalue weighted by Gasteiger charge is 2.13. The zero-order valence-corrected chi connectivity index (χ0v) is 18.1. The molecule has 11 heteroatoms. The predicted molar refractivity (Wildman–Crippen MR) is 112 cm³/mol. The van der Waals surface area contributed by atoms with E-state index in [1.807, 2.05) is 6.92 Å². The minimum Gasteiger partial charge on any atom is -0.484 e. The fourth-order valence-corrected chi connectivity index (χ4v) is 3.97. The van der Waals surface area contributed by atoms with Gasteiger partial charge in [0.2, 0.25) is 20.0 Å². The largest absolute Gasteiger partial charge is 0.484 e. The number of hydrogen-bond acceptors (Lipinski definition) is 6. The number of hydrogen-bond donors (Lipinski definition) is 3. The fourth-order valence-electron chi connectivity index (χ4n) is 2.38. The summed E-state index contributed by atoms with van der Waals surface area (Å²) in [5.74, 6) is -0.0291. The van der Waals surface area contributed by atoms with Gasteiger partial charge in [-0.15, -0.1) is 0 Å². The molecule has 2 aromatic rings. The second-order valence-corrected chi connectivity index (χ2v) is 9.81. The van der Waals surface area contributed by atoms with E-state index in [9.17, 15) is 21.6 Å². The van der Waals surface area contributed by atoms with Gasteiger partial charge in [0, 0.05) is 13.1 Å². The van der Waals surface area contributed by atoms with Gasteiger partial charge in [0.25, 0.3) is 5.91 Å². The first-order valence-electron chi connectivity index (χ1n) is 9.23. The van der Waals surface area contributed by atoms with Crippen LogP contribution in [0.2, 0.25) is 0 Å². The van der Waals surface area contributed by atoms with Gasteiger partial charge in [0.15, 0.2) is 6.61 Å². The molecule has 0 spiro atoms. The number of benzene rings is 2. The van der Waals surface area contributed by atoms with Crippen LogP contribution >= 0.6 is 0 Å². The highest BCUT2D eigenvalue weighted by Crippen LogP contribution is 2.16. The van der Waals surface area contributed by atoms with Gasteiger partial charge >= 0.3 is 0 Å². The summed E-state index contributed by atoms with van der Waals surface area (Å²) in [5, 5.41) is 7.67. The third-order valence-corrected chi connectivity index (χ3v) is 6.47. The van der Waals surface area contributed by atoms with E-state index in [1.165, 1.54) is 36.4 Å². The number of rotatable bonds is 11. The van der Waals surface area contributed by atoms with Crippen molar-refractivity contribution >= 4 is 26.0 Å². The van der Waals surface area contributed by atoms with E-state index in [0.717, 1.165) is 12.8 Å². The Morgan fingerprint density at radius 1 is 0.967 bits per heavy atom. The fraction of sp³-hybridized carbons (Fsp3) is 0.316. The van der Waals surface area contributed by atoms with E-state index in [4.69, 9.17) is 9.88 Å². The molecule has 1 amide bonds. The number of ether oxygens (including phenoxy) is 1. The summed E-state index contributed by atoms with van der Waals surface area (Å²) >= 11 is 0. The van der Waals surface area contributed by atoms with Gasteiger partial charge in [-0.1, -0.05) is 25.5 Å². The molecule has 0 atom stereocenters. The Hall–Kier alpha value is -2.47. The van der Waals surface area contributed by atoms with Gasteiger partial charge in [-0.05, 0) is 48.4 Å². The Kier molecular flexibility index (Phi) is 8.35. The first kappa shape index (κ1) is 23.8. The van der Waals surface area contributed by atoms with Crippen LogP contribution in [-0.2, 0) is 31.4 Å². The molecule has 0 unspecified atom stereocenters. The molecule has 0 aromatic heterocycles. The minimum atomic E-state index is -3.76. The summed E-state index contributed by atoms with van der Waals surface area (Å²) < 4.78 is 54.6. The molecule has 0 heterocycles. The highest BCUT2D eigenvalue weighted by atomic mass is 32.2. The first-order valence-corrected chi connectivity index (χ1v) is 12.3. The Morgan fingerprint density at radius 2 is 1.57 bits per heavy atom.